The zero-order valence-corrected chi connectivity index (χ0v) is 20.4. The van der Waals surface area contributed by atoms with E-state index in [2.05, 4.69) is 5.32 Å². The van der Waals surface area contributed by atoms with Gasteiger partial charge in [0, 0.05) is 10.9 Å². The van der Waals surface area contributed by atoms with Crippen molar-refractivity contribution in [1.29, 1.82) is 0 Å². The summed E-state index contributed by atoms with van der Waals surface area (Å²) in [7, 11) is 0. The minimum Gasteiger partial charge on any atom is -0.352 e. The van der Waals surface area contributed by atoms with Crippen molar-refractivity contribution >= 4 is 39.2 Å². The molecule has 3 aliphatic rings. The summed E-state index contributed by atoms with van der Waals surface area (Å²) >= 11 is 3.07. The zero-order valence-electron chi connectivity index (χ0n) is 18.7. The highest BCUT2D eigenvalue weighted by Gasteiger charge is 2.40. The van der Waals surface area contributed by atoms with Gasteiger partial charge in [-0.3, -0.25) is 14.2 Å². The van der Waals surface area contributed by atoms with E-state index in [-0.39, 0.29) is 11.5 Å². The Morgan fingerprint density at radius 3 is 2.79 bits per heavy atom. The van der Waals surface area contributed by atoms with Gasteiger partial charge in [0.05, 0.1) is 17.7 Å². The van der Waals surface area contributed by atoms with Gasteiger partial charge in [0.1, 0.15) is 4.83 Å². The Hall–Kier alpha value is -2.12. The van der Waals surface area contributed by atoms with E-state index in [4.69, 9.17) is 4.98 Å². The molecule has 6 rings (SSSR count). The lowest BCUT2D eigenvalue weighted by atomic mass is 9.95. The van der Waals surface area contributed by atoms with Crippen molar-refractivity contribution in [1.82, 2.24) is 14.9 Å². The first-order chi connectivity index (χ1) is 16.2. The van der Waals surface area contributed by atoms with Crippen molar-refractivity contribution in [3.8, 4) is 0 Å². The predicted octanol–water partition coefficient (Wildman–Crippen LogP) is 4.78. The molecule has 3 atom stereocenters. The van der Waals surface area contributed by atoms with Crippen LogP contribution in [0.1, 0.15) is 54.5 Å². The first-order valence-electron chi connectivity index (χ1n) is 12.2. The number of fused-ring (bicyclic) bond motifs is 5. The van der Waals surface area contributed by atoms with Crippen LogP contribution in [0.4, 0.5) is 0 Å². The molecule has 3 aliphatic carbocycles. The standard InChI is InChI=1S/C26H29N3O2S2/c30-22(27-20-13-17-10-11-18(20)12-17)15-32-26-28-24-23(19-8-4-5-9-21(19)33-24)25(31)29(26)14-16-6-2-1-3-7-16/h1-3,6-7,17-18,20H,4-5,8-15H2,(H,27,30). The molecule has 1 amide bonds. The molecule has 2 heterocycles. The average molecular weight is 480 g/mol. The van der Waals surface area contributed by atoms with E-state index in [0.717, 1.165) is 47.4 Å². The van der Waals surface area contributed by atoms with Crippen LogP contribution >= 0.6 is 23.1 Å². The molecule has 0 radical (unpaired) electrons. The largest absolute Gasteiger partial charge is 0.352 e. The van der Waals surface area contributed by atoms with Crippen molar-refractivity contribution in [2.24, 2.45) is 11.8 Å². The number of nitrogens with one attached hydrogen (secondary N) is 1. The minimum atomic E-state index is 0.0410. The normalized spacial score (nSPS) is 23.7. The molecule has 0 spiro atoms. The van der Waals surface area contributed by atoms with E-state index in [1.54, 1.807) is 15.9 Å². The van der Waals surface area contributed by atoms with Crippen molar-refractivity contribution in [2.75, 3.05) is 5.75 Å². The second kappa shape index (κ2) is 8.91. The maximum absolute atomic E-state index is 13.7. The number of thioether (sulfide) groups is 1. The van der Waals surface area contributed by atoms with E-state index in [0.29, 0.717) is 29.4 Å². The monoisotopic (exact) mass is 479 g/mol. The Labute approximate surface area is 202 Å². The van der Waals surface area contributed by atoms with E-state index in [1.165, 1.54) is 47.9 Å². The van der Waals surface area contributed by atoms with E-state index in [9.17, 15) is 9.59 Å². The van der Waals surface area contributed by atoms with E-state index in [1.807, 2.05) is 30.3 Å². The van der Waals surface area contributed by atoms with Crippen LogP contribution in [0.25, 0.3) is 10.2 Å². The van der Waals surface area contributed by atoms with Crippen LogP contribution in [-0.2, 0) is 24.2 Å². The van der Waals surface area contributed by atoms with Gasteiger partial charge in [0.15, 0.2) is 5.16 Å². The van der Waals surface area contributed by atoms with Crippen LogP contribution < -0.4 is 10.9 Å². The smallest absolute Gasteiger partial charge is 0.263 e. The summed E-state index contributed by atoms with van der Waals surface area (Å²) in [6, 6.07) is 10.4. The van der Waals surface area contributed by atoms with Crippen LogP contribution in [0, 0.1) is 11.8 Å². The number of aromatic nitrogens is 2. The Kier molecular flexibility index (Phi) is 5.78. The molecule has 33 heavy (non-hydrogen) atoms. The van der Waals surface area contributed by atoms with Gasteiger partial charge in [0.2, 0.25) is 5.91 Å². The molecule has 3 aromatic rings. The summed E-state index contributed by atoms with van der Waals surface area (Å²) in [5, 5.41) is 4.73. The van der Waals surface area contributed by atoms with Gasteiger partial charge < -0.3 is 5.32 Å². The molecule has 5 nitrogen and oxygen atoms in total. The lowest BCUT2D eigenvalue weighted by Crippen LogP contribution is -2.39. The topological polar surface area (TPSA) is 64.0 Å². The van der Waals surface area contributed by atoms with Crippen LogP contribution in [0.5, 0.6) is 0 Å². The molecule has 2 saturated carbocycles. The third kappa shape index (κ3) is 4.14. The second-order valence-electron chi connectivity index (χ2n) is 9.80. The molecule has 3 unspecified atom stereocenters. The van der Waals surface area contributed by atoms with Gasteiger partial charge in [-0.05, 0) is 67.9 Å². The highest BCUT2D eigenvalue weighted by atomic mass is 32.2. The Morgan fingerprint density at radius 1 is 1.15 bits per heavy atom. The van der Waals surface area contributed by atoms with Crippen molar-refractivity contribution in [2.45, 2.75) is 69.1 Å². The van der Waals surface area contributed by atoms with Gasteiger partial charge in [-0.15, -0.1) is 11.3 Å². The number of benzene rings is 1. The summed E-state index contributed by atoms with van der Waals surface area (Å²) in [4.78, 5) is 33.6. The van der Waals surface area contributed by atoms with Gasteiger partial charge >= 0.3 is 0 Å². The molecular formula is C26H29N3O2S2. The number of aryl methyl sites for hydroxylation is 2. The molecule has 2 fully saturated rings. The Balaban J connectivity index is 1.29. The van der Waals surface area contributed by atoms with Crippen molar-refractivity contribution in [3.05, 3.63) is 56.7 Å². The second-order valence-corrected chi connectivity index (χ2v) is 11.8. The number of carbonyl (C=O) groups excluding carboxylic acids is 1. The molecule has 172 valence electrons. The average Bonchev–Trinajstić information content (AvgIpc) is 3.54. The number of rotatable bonds is 6. The molecule has 1 N–H and O–H groups in total. The summed E-state index contributed by atoms with van der Waals surface area (Å²) in [6.07, 6.45) is 9.31. The SMILES string of the molecule is O=C(CSc1nc2sc3c(c2c(=O)n1Cc1ccccc1)CCCC3)NC1CC2CCC1C2. The summed E-state index contributed by atoms with van der Waals surface area (Å²) in [5.41, 5.74) is 2.32. The summed E-state index contributed by atoms with van der Waals surface area (Å²) in [5.74, 6) is 1.82. The van der Waals surface area contributed by atoms with Crippen LogP contribution in [0.15, 0.2) is 40.3 Å². The lowest BCUT2D eigenvalue weighted by Gasteiger charge is -2.22. The Bertz CT molecular complexity index is 1250. The third-order valence-corrected chi connectivity index (χ3v) is 9.80. The maximum atomic E-state index is 13.7. The number of nitrogens with zero attached hydrogens (tertiary/aromatic N) is 2. The summed E-state index contributed by atoms with van der Waals surface area (Å²) < 4.78 is 1.79. The number of hydrogen-bond acceptors (Lipinski definition) is 5. The lowest BCUT2D eigenvalue weighted by molar-refractivity contribution is -0.119. The number of amides is 1. The van der Waals surface area contributed by atoms with Crippen LogP contribution in [0.2, 0.25) is 0 Å². The predicted molar refractivity (Wildman–Crippen MR) is 134 cm³/mol. The van der Waals surface area contributed by atoms with Crippen molar-refractivity contribution < 1.29 is 4.79 Å². The maximum Gasteiger partial charge on any atom is 0.263 e. The van der Waals surface area contributed by atoms with Gasteiger partial charge in [-0.2, -0.15) is 0 Å². The zero-order chi connectivity index (χ0) is 22.4. The minimum absolute atomic E-state index is 0.0410. The number of carbonyl (C=O) groups is 1. The molecule has 7 heteroatoms. The fourth-order valence-corrected chi connectivity index (χ4v) is 8.15. The molecule has 2 bridgehead atoms. The van der Waals surface area contributed by atoms with E-state index < -0.39 is 0 Å². The van der Waals surface area contributed by atoms with Crippen LogP contribution in [0.3, 0.4) is 0 Å². The summed E-state index contributed by atoms with van der Waals surface area (Å²) in [6.45, 7) is 0.476. The molecule has 2 aromatic heterocycles. The van der Waals surface area contributed by atoms with Crippen LogP contribution in [-0.4, -0.2) is 27.3 Å². The number of hydrogen-bond donors (Lipinski definition) is 1. The molecular weight excluding hydrogens is 450 g/mol. The fraction of sp³-hybridized carbons (Fsp3) is 0.500. The third-order valence-electron chi connectivity index (χ3n) is 7.64. The van der Waals surface area contributed by atoms with E-state index >= 15 is 0 Å². The van der Waals surface area contributed by atoms with Gasteiger partial charge in [-0.25, -0.2) is 4.98 Å². The molecule has 0 saturated heterocycles. The Morgan fingerprint density at radius 2 is 2.00 bits per heavy atom. The quantitative estimate of drug-likeness (QED) is 0.408. The fourth-order valence-electron chi connectivity index (χ4n) is 6.04. The number of thiophene rings is 1. The first-order valence-corrected chi connectivity index (χ1v) is 14.0. The molecule has 0 aliphatic heterocycles. The van der Waals surface area contributed by atoms with Gasteiger partial charge in [0.25, 0.3) is 5.56 Å². The molecule has 1 aromatic carbocycles. The highest BCUT2D eigenvalue weighted by Crippen LogP contribution is 2.44. The highest BCUT2D eigenvalue weighted by molar-refractivity contribution is 7.99. The van der Waals surface area contributed by atoms with Crippen molar-refractivity contribution in [3.63, 3.8) is 0 Å². The first kappa shape index (κ1) is 21.4. The van der Waals surface area contributed by atoms with Gasteiger partial charge in [-0.1, -0.05) is 48.5 Å².